The lowest BCUT2D eigenvalue weighted by Crippen LogP contribution is -2.21. The summed E-state index contributed by atoms with van der Waals surface area (Å²) < 4.78 is 44.8. The average Bonchev–Trinajstić information content (AvgIpc) is 2.79. The summed E-state index contributed by atoms with van der Waals surface area (Å²) in [4.78, 5) is 34.7. The molecule has 0 aliphatic heterocycles. The van der Waals surface area contributed by atoms with Crippen molar-refractivity contribution in [2.24, 2.45) is 0 Å². The first-order chi connectivity index (χ1) is 16.4. The zero-order valence-electron chi connectivity index (χ0n) is 18.2. The number of carboxylic acids is 2. The Bertz CT molecular complexity index is 1180. The molecule has 0 aromatic heterocycles. The van der Waals surface area contributed by atoms with Crippen LogP contribution in [0.5, 0.6) is 0 Å². The fraction of sp³-hybridized carbons (Fsp3) is 0.125. The van der Waals surface area contributed by atoms with E-state index in [9.17, 15) is 32.3 Å². The molecule has 0 radical (unpaired) electrons. The molecule has 0 aliphatic rings. The summed E-state index contributed by atoms with van der Waals surface area (Å²) in [5.74, 6) is -4.73. The Morgan fingerprint density at radius 1 is 0.886 bits per heavy atom. The third-order valence-corrected chi connectivity index (χ3v) is 4.51. The van der Waals surface area contributed by atoms with Crippen molar-refractivity contribution in [2.45, 2.75) is 12.7 Å². The number of hydrogen-bond acceptors (Lipinski definition) is 4. The van der Waals surface area contributed by atoms with E-state index in [0.29, 0.717) is 17.9 Å². The fourth-order valence-corrected chi connectivity index (χ4v) is 2.84. The normalized spacial score (nSPS) is 10.5. The molecule has 35 heavy (non-hydrogen) atoms. The molecule has 0 bridgehead atoms. The number of amides is 1. The molecule has 184 valence electrons. The van der Waals surface area contributed by atoms with E-state index in [0.717, 1.165) is 5.56 Å². The number of carbonyl (C=O) groups excluding carboxylic acids is 1. The van der Waals surface area contributed by atoms with Gasteiger partial charge in [0.05, 0.1) is 16.9 Å². The quantitative estimate of drug-likeness (QED) is 0.416. The van der Waals surface area contributed by atoms with E-state index in [1.54, 1.807) is 6.07 Å². The number of halogens is 4. The van der Waals surface area contributed by atoms with Crippen LogP contribution in [-0.4, -0.2) is 41.3 Å². The lowest BCUT2D eigenvalue weighted by Gasteiger charge is -2.23. The van der Waals surface area contributed by atoms with Crippen molar-refractivity contribution in [1.29, 1.82) is 0 Å². The van der Waals surface area contributed by atoms with Gasteiger partial charge in [-0.15, -0.1) is 0 Å². The van der Waals surface area contributed by atoms with Gasteiger partial charge in [0.1, 0.15) is 5.82 Å². The zero-order chi connectivity index (χ0) is 26.2. The zero-order valence-corrected chi connectivity index (χ0v) is 18.2. The van der Waals surface area contributed by atoms with Gasteiger partial charge in [0.2, 0.25) is 0 Å². The van der Waals surface area contributed by atoms with Gasteiger partial charge < -0.3 is 20.4 Å². The van der Waals surface area contributed by atoms with Gasteiger partial charge in [-0.3, -0.25) is 4.79 Å². The Kier molecular flexibility index (Phi) is 8.92. The predicted molar refractivity (Wildman–Crippen MR) is 120 cm³/mol. The molecule has 3 aromatic carbocycles. The molecule has 0 atom stereocenters. The Hall–Kier alpha value is -4.41. The standard InChI is InChI=1S/C22H19FN2O3.C2HF3O2/c1-25(14-15-5-3-2-4-6-15)20-12-9-17(22(27)28)13-19(20)24-21(26)16-7-10-18(23)11-8-16;3-2(4,5)1(6)7/h2-13H,14H2,1H3,(H,24,26)(H,27,28);(H,6,7). The van der Waals surface area contributed by atoms with Crippen molar-refractivity contribution in [2.75, 3.05) is 17.3 Å². The molecule has 11 heteroatoms. The van der Waals surface area contributed by atoms with E-state index >= 15 is 0 Å². The van der Waals surface area contributed by atoms with Gasteiger partial charge in [-0.25, -0.2) is 14.0 Å². The lowest BCUT2D eigenvalue weighted by atomic mass is 10.1. The maximum absolute atomic E-state index is 13.1. The second-order valence-corrected chi connectivity index (χ2v) is 7.14. The Morgan fingerprint density at radius 2 is 1.43 bits per heavy atom. The van der Waals surface area contributed by atoms with Crippen LogP contribution in [0.4, 0.5) is 28.9 Å². The van der Waals surface area contributed by atoms with Gasteiger partial charge in [0.15, 0.2) is 0 Å². The molecule has 0 spiro atoms. The number of alkyl halides is 3. The van der Waals surface area contributed by atoms with Crippen LogP contribution in [0, 0.1) is 5.82 Å². The van der Waals surface area contributed by atoms with E-state index in [1.165, 1.54) is 36.4 Å². The maximum Gasteiger partial charge on any atom is 0.490 e. The van der Waals surface area contributed by atoms with Crippen molar-refractivity contribution in [3.8, 4) is 0 Å². The summed E-state index contributed by atoms with van der Waals surface area (Å²) >= 11 is 0. The number of anilines is 2. The van der Waals surface area contributed by atoms with Gasteiger partial charge in [-0.05, 0) is 48.0 Å². The van der Waals surface area contributed by atoms with Crippen LogP contribution in [-0.2, 0) is 11.3 Å². The number of rotatable bonds is 6. The minimum absolute atomic E-state index is 0.0614. The molecule has 3 aromatic rings. The van der Waals surface area contributed by atoms with Crippen LogP contribution in [0.1, 0.15) is 26.3 Å². The first-order valence-corrected chi connectivity index (χ1v) is 9.88. The largest absolute Gasteiger partial charge is 0.490 e. The molecular weight excluding hydrogens is 472 g/mol. The van der Waals surface area contributed by atoms with Crippen molar-refractivity contribution in [3.05, 3.63) is 95.3 Å². The fourth-order valence-electron chi connectivity index (χ4n) is 2.84. The van der Waals surface area contributed by atoms with Crippen LogP contribution >= 0.6 is 0 Å². The third-order valence-electron chi connectivity index (χ3n) is 4.51. The highest BCUT2D eigenvalue weighted by atomic mass is 19.4. The molecule has 1 amide bonds. The minimum Gasteiger partial charge on any atom is -0.478 e. The van der Waals surface area contributed by atoms with Crippen molar-refractivity contribution >= 4 is 29.2 Å². The molecule has 0 saturated heterocycles. The summed E-state index contributed by atoms with van der Waals surface area (Å²) in [6.45, 7) is 0.576. The number of carboxylic acid groups (broad SMARTS) is 2. The highest BCUT2D eigenvalue weighted by molar-refractivity contribution is 6.06. The second kappa shape index (κ2) is 11.6. The van der Waals surface area contributed by atoms with Gasteiger partial charge in [-0.2, -0.15) is 13.2 Å². The van der Waals surface area contributed by atoms with Crippen LogP contribution in [0.2, 0.25) is 0 Å². The van der Waals surface area contributed by atoms with E-state index in [1.807, 2.05) is 42.3 Å². The van der Waals surface area contributed by atoms with Gasteiger partial charge in [-0.1, -0.05) is 30.3 Å². The number of aliphatic carboxylic acids is 1. The summed E-state index contributed by atoms with van der Waals surface area (Å²) in [6.07, 6.45) is -5.08. The third kappa shape index (κ3) is 8.14. The van der Waals surface area contributed by atoms with Crippen LogP contribution in [0.3, 0.4) is 0 Å². The SMILES string of the molecule is CN(Cc1ccccc1)c1ccc(C(=O)O)cc1NC(=O)c1ccc(F)cc1.O=C(O)C(F)(F)F. The number of benzene rings is 3. The topological polar surface area (TPSA) is 107 Å². The number of aromatic carboxylic acids is 1. The van der Waals surface area contributed by atoms with E-state index < -0.39 is 29.8 Å². The Balaban J connectivity index is 0.000000540. The van der Waals surface area contributed by atoms with Gasteiger partial charge in [0.25, 0.3) is 5.91 Å². The summed E-state index contributed by atoms with van der Waals surface area (Å²) in [5, 5.41) is 19.2. The van der Waals surface area contributed by atoms with Crippen molar-refractivity contribution < 1.29 is 42.2 Å². The summed E-state index contributed by atoms with van der Waals surface area (Å²) in [6, 6.07) is 19.5. The lowest BCUT2D eigenvalue weighted by molar-refractivity contribution is -0.192. The monoisotopic (exact) mass is 492 g/mol. The number of hydrogen-bond donors (Lipinski definition) is 3. The molecular formula is C24H20F4N2O5. The number of nitrogens with zero attached hydrogens (tertiary/aromatic N) is 1. The Morgan fingerprint density at radius 3 is 1.94 bits per heavy atom. The number of carbonyl (C=O) groups is 3. The molecule has 0 unspecified atom stereocenters. The minimum atomic E-state index is -5.08. The molecule has 7 nitrogen and oxygen atoms in total. The smallest absolute Gasteiger partial charge is 0.478 e. The van der Waals surface area contributed by atoms with E-state index in [-0.39, 0.29) is 11.1 Å². The highest BCUT2D eigenvalue weighted by Crippen LogP contribution is 2.28. The predicted octanol–water partition coefficient (Wildman–Crippen LogP) is 5.05. The first-order valence-electron chi connectivity index (χ1n) is 9.88. The summed E-state index contributed by atoms with van der Waals surface area (Å²) in [5.41, 5.74) is 2.45. The van der Waals surface area contributed by atoms with Crippen molar-refractivity contribution in [3.63, 3.8) is 0 Å². The van der Waals surface area contributed by atoms with E-state index in [2.05, 4.69) is 5.32 Å². The molecule has 3 N–H and O–H groups in total. The molecule has 0 aliphatic carbocycles. The highest BCUT2D eigenvalue weighted by Gasteiger charge is 2.38. The first kappa shape index (κ1) is 26.8. The molecule has 0 heterocycles. The van der Waals surface area contributed by atoms with Crippen LogP contribution in [0.15, 0.2) is 72.8 Å². The van der Waals surface area contributed by atoms with Gasteiger partial charge >= 0.3 is 18.1 Å². The van der Waals surface area contributed by atoms with E-state index in [4.69, 9.17) is 9.90 Å². The molecule has 3 rings (SSSR count). The summed E-state index contributed by atoms with van der Waals surface area (Å²) in [7, 11) is 1.86. The average molecular weight is 492 g/mol. The number of nitrogens with one attached hydrogen (secondary N) is 1. The molecule has 0 saturated carbocycles. The second-order valence-electron chi connectivity index (χ2n) is 7.14. The van der Waals surface area contributed by atoms with Gasteiger partial charge in [0, 0.05) is 19.2 Å². The maximum atomic E-state index is 13.1. The molecule has 0 fully saturated rings. The van der Waals surface area contributed by atoms with Crippen LogP contribution < -0.4 is 10.2 Å². The van der Waals surface area contributed by atoms with Crippen LogP contribution in [0.25, 0.3) is 0 Å². The van der Waals surface area contributed by atoms with Crippen molar-refractivity contribution in [1.82, 2.24) is 0 Å². The Labute approximate surface area is 197 Å².